The first-order valence-corrected chi connectivity index (χ1v) is 6.55. The Labute approximate surface area is 120 Å². The van der Waals surface area contributed by atoms with Gasteiger partial charge in [0.1, 0.15) is 11.6 Å². The van der Waals surface area contributed by atoms with Gasteiger partial charge >= 0.3 is 0 Å². The largest absolute Gasteiger partial charge is 0.288 e. The zero-order chi connectivity index (χ0) is 15.0. The minimum atomic E-state index is -0.702. The molecule has 0 fully saturated rings. The molecule has 3 aromatic rings. The molecule has 3 heteroatoms. The molecule has 0 saturated heterocycles. The quantitative estimate of drug-likeness (QED) is 0.625. The highest BCUT2D eigenvalue weighted by molar-refractivity contribution is 6.10. The maximum atomic E-state index is 13.9. The van der Waals surface area contributed by atoms with E-state index in [4.69, 9.17) is 0 Å². The van der Waals surface area contributed by atoms with Crippen molar-refractivity contribution < 1.29 is 13.6 Å². The number of hydrogen-bond acceptors (Lipinski definition) is 1. The molecule has 3 rings (SSSR count). The van der Waals surface area contributed by atoms with Crippen molar-refractivity contribution in [2.24, 2.45) is 0 Å². The van der Waals surface area contributed by atoms with E-state index in [0.29, 0.717) is 5.56 Å². The highest BCUT2D eigenvalue weighted by atomic mass is 19.1. The van der Waals surface area contributed by atoms with Crippen LogP contribution in [0.25, 0.3) is 10.8 Å². The molecular formula is C18H12F2O. The molecule has 0 aliphatic rings. The number of benzene rings is 3. The lowest BCUT2D eigenvalue weighted by Crippen LogP contribution is -2.06. The molecule has 0 aromatic heterocycles. The fourth-order valence-electron chi connectivity index (χ4n) is 2.31. The van der Waals surface area contributed by atoms with E-state index in [1.54, 1.807) is 18.2 Å². The molecule has 0 N–H and O–H groups in total. The summed E-state index contributed by atoms with van der Waals surface area (Å²) in [7, 11) is 0. The topological polar surface area (TPSA) is 17.1 Å². The van der Waals surface area contributed by atoms with E-state index in [0.717, 1.165) is 22.9 Å². The zero-order valence-electron chi connectivity index (χ0n) is 11.4. The Hall–Kier alpha value is -2.55. The molecule has 0 aliphatic carbocycles. The monoisotopic (exact) mass is 282 g/mol. The minimum absolute atomic E-state index is 0.183. The van der Waals surface area contributed by atoms with Crippen LogP contribution in [0.5, 0.6) is 0 Å². The number of carbonyl (C=O) groups is 1. The summed E-state index contributed by atoms with van der Waals surface area (Å²) in [6, 6.07) is 14.7. The molecule has 0 saturated carbocycles. The Bertz CT molecular complexity index is 853. The first-order valence-electron chi connectivity index (χ1n) is 6.55. The third-order valence-corrected chi connectivity index (χ3v) is 3.50. The summed E-state index contributed by atoms with van der Waals surface area (Å²) in [6.07, 6.45) is 0. The lowest BCUT2D eigenvalue weighted by atomic mass is 9.98. The summed E-state index contributed by atoms with van der Waals surface area (Å²) in [6.45, 7) is 1.46. The number of aryl methyl sites for hydroxylation is 1. The maximum Gasteiger partial charge on any atom is 0.196 e. The summed E-state index contributed by atoms with van der Waals surface area (Å²) in [5, 5.41) is 1.88. The molecule has 104 valence electrons. The molecule has 1 nitrogen and oxygen atoms in total. The molecule has 3 aromatic carbocycles. The van der Waals surface area contributed by atoms with Crippen molar-refractivity contribution in [1.82, 2.24) is 0 Å². The highest BCUT2D eigenvalue weighted by Gasteiger charge is 2.16. The zero-order valence-corrected chi connectivity index (χ0v) is 11.4. The number of fused-ring (bicyclic) bond motifs is 1. The van der Waals surface area contributed by atoms with Crippen LogP contribution in [0.2, 0.25) is 0 Å². The van der Waals surface area contributed by atoms with E-state index in [-0.39, 0.29) is 11.1 Å². The molecule has 0 aliphatic heterocycles. The molecule has 0 spiro atoms. The van der Waals surface area contributed by atoms with Crippen LogP contribution in [0.15, 0.2) is 54.6 Å². The Morgan fingerprint density at radius 3 is 2.33 bits per heavy atom. The van der Waals surface area contributed by atoms with Gasteiger partial charge in [0.25, 0.3) is 0 Å². The standard InChI is InChI=1S/C18H12F2O/c1-11-8-17(20)15(10-16(11)19)18(21)14-7-6-12-4-2-3-5-13(12)9-14/h2-10H,1H3. The van der Waals surface area contributed by atoms with Crippen molar-refractivity contribution in [3.05, 3.63) is 82.9 Å². The van der Waals surface area contributed by atoms with Crippen LogP contribution in [0.4, 0.5) is 8.78 Å². The first-order chi connectivity index (χ1) is 10.1. The van der Waals surface area contributed by atoms with Crippen LogP contribution in [-0.2, 0) is 0 Å². The van der Waals surface area contributed by atoms with Gasteiger partial charge in [0, 0.05) is 5.56 Å². The number of hydrogen-bond donors (Lipinski definition) is 0. The van der Waals surface area contributed by atoms with E-state index < -0.39 is 17.4 Å². The van der Waals surface area contributed by atoms with Crippen molar-refractivity contribution >= 4 is 16.6 Å². The van der Waals surface area contributed by atoms with Crippen molar-refractivity contribution in [2.75, 3.05) is 0 Å². The average Bonchev–Trinajstić information content (AvgIpc) is 2.50. The molecule has 21 heavy (non-hydrogen) atoms. The van der Waals surface area contributed by atoms with E-state index in [9.17, 15) is 13.6 Å². The number of carbonyl (C=O) groups excluding carboxylic acids is 1. The van der Waals surface area contributed by atoms with Crippen LogP contribution >= 0.6 is 0 Å². The Morgan fingerprint density at radius 2 is 1.57 bits per heavy atom. The number of rotatable bonds is 2. The predicted octanol–water partition coefficient (Wildman–Crippen LogP) is 4.66. The SMILES string of the molecule is Cc1cc(F)c(C(=O)c2ccc3ccccc3c2)cc1F. The van der Waals surface area contributed by atoms with Gasteiger partial charge in [0.2, 0.25) is 0 Å². The lowest BCUT2D eigenvalue weighted by molar-refractivity contribution is 0.103. The smallest absolute Gasteiger partial charge is 0.196 e. The third-order valence-electron chi connectivity index (χ3n) is 3.50. The van der Waals surface area contributed by atoms with Crippen LogP contribution < -0.4 is 0 Å². The van der Waals surface area contributed by atoms with Crippen molar-refractivity contribution in [3.63, 3.8) is 0 Å². The second kappa shape index (κ2) is 5.09. The predicted molar refractivity (Wildman–Crippen MR) is 78.5 cm³/mol. The van der Waals surface area contributed by atoms with Gasteiger partial charge in [-0.05, 0) is 41.5 Å². The number of halogens is 2. The van der Waals surface area contributed by atoms with Crippen LogP contribution in [-0.4, -0.2) is 5.78 Å². The van der Waals surface area contributed by atoms with Crippen LogP contribution in [0.1, 0.15) is 21.5 Å². The molecule has 0 unspecified atom stereocenters. The van der Waals surface area contributed by atoms with Crippen molar-refractivity contribution in [1.29, 1.82) is 0 Å². The second-order valence-corrected chi connectivity index (χ2v) is 4.97. The van der Waals surface area contributed by atoms with Crippen molar-refractivity contribution in [2.45, 2.75) is 6.92 Å². The van der Waals surface area contributed by atoms with Gasteiger partial charge in [0.15, 0.2) is 5.78 Å². The second-order valence-electron chi connectivity index (χ2n) is 4.97. The van der Waals surface area contributed by atoms with E-state index in [1.165, 1.54) is 6.92 Å². The van der Waals surface area contributed by atoms with Gasteiger partial charge in [-0.2, -0.15) is 0 Å². The van der Waals surface area contributed by atoms with Gasteiger partial charge in [-0.25, -0.2) is 8.78 Å². The fourth-order valence-corrected chi connectivity index (χ4v) is 2.31. The third kappa shape index (κ3) is 2.42. The summed E-state index contributed by atoms with van der Waals surface area (Å²) >= 11 is 0. The van der Waals surface area contributed by atoms with Gasteiger partial charge in [-0.15, -0.1) is 0 Å². The molecule has 0 heterocycles. The van der Waals surface area contributed by atoms with Crippen LogP contribution in [0.3, 0.4) is 0 Å². The van der Waals surface area contributed by atoms with Crippen LogP contribution in [0, 0.1) is 18.6 Å². The van der Waals surface area contributed by atoms with E-state index in [2.05, 4.69) is 0 Å². The number of ketones is 1. The normalized spacial score (nSPS) is 10.8. The van der Waals surface area contributed by atoms with Gasteiger partial charge in [-0.3, -0.25) is 4.79 Å². The minimum Gasteiger partial charge on any atom is -0.288 e. The molecule has 0 bridgehead atoms. The van der Waals surface area contributed by atoms with E-state index >= 15 is 0 Å². The lowest BCUT2D eigenvalue weighted by Gasteiger charge is -2.06. The van der Waals surface area contributed by atoms with Gasteiger partial charge in [0.05, 0.1) is 5.56 Å². The molecule has 0 radical (unpaired) electrons. The van der Waals surface area contributed by atoms with E-state index in [1.807, 2.05) is 24.3 Å². The Kier molecular flexibility index (Phi) is 3.26. The maximum absolute atomic E-state index is 13.9. The van der Waals surface area contributed by atoms with Gasteiger partial charge < -0.3 is 0 Å². The highest BCUT2D eigenvalue weighted by Crippen LogP contribution is 2.21. The average molecular weight is 282 g/mol. The molecular weight excluding hydrogens is 270 g/mol. The summed E-state index contributed by atoms with van der Waals surface area (Å²) < 4.78 is 27.5. The fraction of sp³-hybridized carbons (Fsp3) is 0.0556. The summed E-state index contributed by atoms with van der Waals surface area (Å²) in [5.41, 5.74) is 0.284. The first kappa shape index (κ1) is 13.4. The Balaban J connectivity index is 2.10. The molecule has 0 amide bonds. The summed E-state index contributed by atoms with van der Waals surface area (Å²) in [5.74, 6) is -1.80. The van der Waals surface area contributed by atoms with Gasteiger partial charge in [-0.1, -0.05) is 36.4 Å². The van der Waals surface area contributed by atoms with Crippen molar-refractivity contribution in [3.8, 4) is 0 Å². The molecule has 0 atom stereocenters. The Morgan fingerprint density at radius 1 is 0.857 bits per heavy atom. The summed E-state index contributed by atoms with van der Waals surface area (Å²) in [4.78, 5) is 12.4.